The number of rotatable bonds is 4. The van der Waals surface area contributed by atoms with Gasteiger partial charge in [-0.3, -0.25) is 14.9 Å². The third kappa shape index (κ3) is 4.08. The van der Waals surface area contributed by atoms with E-state index in [4.69, 9.17) is 0 Å². The van der Waals surface area contributed by atoms with Crippen molar-refractivity contribution in [2.45, 2.75) is 4.90 Å². The van der Waals surface area contributed by atoms with Crippen LogP contribution in [0.3, 0.4) is 0 Å². The van der Waals surface area contributed by atoms with Crippen LogP contribution in [0.5, 0.6) is 0 Å². The molecule has 0 N–H and O–H groups in total. The van der Waals surface area contributed by atoms with Crippen LogP contribution < -0.4 is 4.90 Å². The van der Waals surface area contributed by atoms with Crippen LogP contribution in [-0.2, 0) is 9.84 Å². The number of amides is 1. The first-order valence-electron chi connectivity index (χ1n) is 8.35. The molecule has 1 heterocycles. The molecular formula is C18H19N3O5S. The number of nitrogens with zero attached hydrogens (tertiary/aromatic N) is 3. The number of hydrogen-bond donors (Lipinski definition) is 0. The Labute approximate surface area is 157 Å². The average molecular weight is 389 g/mol. The molecular weight excluding hydrogens is 370 g/mol. The predicted molar refractivity (Wildman–Crippen MR) is 101 cm³/mol. The van der Waals surface area contributed by atoms with E-state index in [1.165, 1.54) is 18.2 Å². The van der Waals surface area contributed by atoms with E-state index in [1.54, 1.807) is 35.2 Å². The fourth-order valence-corrected chi connectivity index (χ4v) is 3.75. The topological polar surface area (TPSA) is 101 Å². The van der Waals surface area contributed by atoms with E-state index in [9.17, 15) is 23.3 Å². The van der Waals surface area contributed by atoms with Crippen LogP contribution >= 0.6 is 0 Å². The summed E-state index contributed by atoms with van der Waals surface area (Å²) >= 11 is 0. The second-order valence-electron chi connectivity index (χ2n) is 6.33. The lowest BCUT2D eigenvalue weighted by Crippen LogP contribution is -2.49. The normalized spacial score (nSPS) is 14.9. The van der Waals surface area contributed by atoms with Crippen molar-refractivity contribution in [1.29, 1.82) is 0 Å². The molecule has 1 amide bonds. The average Bonchev–Trinajstić information content (AvgIpc) is 2.67. The quantitative estimate of drug-likeness (QED) is 0.585. The number of para-hydroxylation sites is 2. The Kier molecular flexibility index (Phi) is 5.13. The Balaban J connectivity index is 1.73. The van der Waals surface area contributed by atoms with E-state index in [0.29, 0.717) is 37.4 Å². The summed E-state index contributed by atoms with van der Waals surface area (Å²) < 4.78 is 23.4. The summed E-state index contributed by atoms with van der Waals surface area (Å²) in [5, 5.41) is 11.2. The maximum Gasteiger partial charge on any atom is 0.292 e. The summed E-state index contributed by atoms with van der Waals surface area (Å²) in [6.45, 7) is 1.71. The minimum Gasteiger partial charge on any atom is -0.362 e. The first-order valence-corrected chi connectivity index (χ1v) is 10.2. The molecule has 1 aliphatic rings. The molecule has 0 aliphatic carbocycles. The minimum absolute atomic E-state index is 0.0399. The molecule has 1 fully saturated rings. The fourth-order valence-electron chi connectivity index (χ4n) is 3.08. The molecule has 0 spiro atoms. The number of nitro benzene ring substituents is 1. The largest absolute Gasteiger partial charge is 0.362 e. The molecule has 9 heteroatoms. The highest BCUT2D eigenvalue weighted by Gasteiger charge is 2.26. The summed E-state index contributed by atoms with van der Waals surface area (Å²) in [6, 6.07) is 12.5. The van der Waals surface area contributed by atoms with Gasteiger partial charge in [0, 0.05) is 44.1 Å². The van der Waals surface area contributed by atoms with Gasteiger partial charge in [-0.2, -0.15) is 0 Å². The van der Waals surface area contributed by atoms with Gasteiger partial charge in [0.2, 0.25) is 0 Å². The van der Waals surface area contributed by atoms with Gasteiger partial charge >= 0.3 is 0 Å². The monoisotopic (exact) mass is 389 g/mol. The van der Waals surface area contributed by atoms with Gasteiger partial charge in [0.25, 0.3) is 11.6 Å². The standard InChI is InChI=1S/C18H19N3O5S/c1-27(25,26)15-6-4-5-14(13-15)18(22)20-11-9-19(10-12-20)16-7-2-3-8-17(16)21(23)24/h2-8,13H,9-12H2,1H3. The van der Waals surface area contributed by atoms with Gasteiger partial charge in [-0.15, -0.1) is 0 Å². The Morgan fingerprint density at radius 3 is 2.33 bits per heavy atom. The first kappa shape index (κ1) is 18.8. The van der Waals surface area contributed by atoms with Crippen molar-refractivity contribution in [3.63, 3.8) is 0 Å². The third-order valence-electron chi connectivity index (χ3n) is 4.50. The predicted octanol–water partition coefficient (Wildman–Crippen LogP) is 1.96. The maximum absolute atomic E-state index is 12.7. The lowest BCUT2D eigenvalue weighted by Gasteiger charge is -2.35. The lowest BCUT2D eigenvalue weighted by atomic mass is 10.1. The Hall–Kier alpha value is -2.94. The van der Waals surface area contributed by atoms with E-state index in [0.717, 1.165) is 6.26 Å². The fraction of sp³-hybridized carbons (Fsp3) is 0.278. The third-order valence-corrected chi connectivity index (χ3v) is 5.61. The molecule has 1 aliphatic heterocycles. The van der Waals surface area contributed by atoms with E-state index in [-0.39, 0.29) is 16.5 Å². The molecule has 2 aromatic rings. The van der Waals surface area contributed by atoms with E-state index < -0.39 is 14.8 Å². The number of carbonyl (C=O) groups excluding carboxylic acids is 1. The van der Waals surface area contributed by atoms with Crippen molar-refractivity contribution in [1.82, 2.24) is 4.90 Å². The van der Waals surface area contributed by atoms with Crippen LogP contribution in [0.1, 0.15) is 10.4 Å². The SMILES string of the molecule is CS(=O)(=O)c1cccc(C(=O)N2CCN(c3ccccc3[N+](=O)[O-])CC2)c1. The molecule has 27 heavy (non-hydrogen) atoms. The van der Waals surface area contributed by atoms with Crippen molar-refractivity contribution in [2.24, 2.45) is 0 Å². The molecule has 3 rings (SSSR count). The van der Waals surface area contributed by atoms with E-state index in [1.807, 2.05) is 4.90 Å². The smallest absolute Gasteiger partial charge is 0.292 e. The van der Waals surface area contributed by atoms with Gasteiger partial charge in [-0.25, -0.2) is 8.42 Å². The maximum atomic E-state index is 12.7. The minimum atomic E-state index is -3.39. The highest BCUT2D eigenvalue weighted by molar-refractivity contribution is 7.90. The van der Waals surface area contributed by atoms with Crippen LogP contribution in [0.25, 0.3) is 0 Å². The number of benzene rings is 2. The van der Waals surface area contributed by atoms with E-state index >= 15 is 0 Å². The zero-order valence-electron chi connectivity index (χ0n) is 14.7. The highest BCUT2D eigenvalue weighted by atomic mass is 32.2. The highest BCUT2D eigenvalue weighted by Crippen LogP contribution is 2.28. The summed E-state index contributed by atoms with van der Waals surface area (Å²) in [6.07, 6.45) is 1.10. The Morgan fingerprint density at radius 1 is 1.04 bits per heavy atom. The summed E-state index contributed by atoms with van der Waals surface area (Å²) in [5.74, 6) is -0.247. The zero-order chi connectivity index (χ0) is 19.6. The van der Waals surface area contributed by atoms with Gasteiger partial charge in [-0.05, 0) is 24.3 Å². The first-order chi connectivity index (χ1) is 12.8. The second-order valence-corrected chi connectivity index (χ2v) is 8.34. The molecule has 0 saturated carbocycles. The van der Waals surface area contributed by atoms with Crippen molar-refractivity contribution in [3.05, 3.63) is 64.2 Å². The number of carbonyl (C=O) groups is 1. The van der Waals surface area contributed by atoms with Crippen molar-refractivity contribution in [3.8, 4) is 0 Å². The van der Waals surface area contributed by atoms with Crippen LogP contribution in [0.15, 0.2) is 53.4 Å². The Morgan fingerprint density at radius 2 is 1.70 bits per heavy atom. The molecule has 0 unspecified atom stereocenters. The summed E-state index contributed by atoms with van der Waals surface area (Å²) in [4.78, 5) is 27.1. The van der Waals surface area contributed by atoms with Gasteiger partial charge < -0.3 is 9.80 Å². The van der Waals surface area contributed by atoms with E-state index in [2.05, 4.69) is 0 Å². The Bertz CT molecular complexity index is 982. The number of hydrogen-bond acceptors (Lipinski definition) is 6. The number of anilines is 1. The van der Waals surface area contributed by atoms with Gasteiger partial charge in [0.1, 0.15) is 5.69 Å². The van der Waals surface area contributed by atoms with Crippen LogP contribution in [-0.4, -0.2) is 56.6 Å². The molecule has 0 aromatic heterocycles. The molecule has 2 aromatic carbocycles. The summed E-state index contributed by atoms with van der Waals surface area (Å²) in [7, 11) is -3.39. The van der Waals surface area contributed by atoms with Crippen molar-refractivity contribution >= 4 is 27.1 Å². The van der Waals surface area contributed by atoms with Crippen molar-refractivity contribution in [2.75, 3.05) is 37.3 Å². The number of nitro groups is 1. The van der Waals surface area contributed by atoms with Gasteiger partial charge in [-0.1, -0.05) is 18.2 Å². The second kappa shape index (κ2) is 7.36. The molecule has 0 bridgehead atoms. The molecule has 1 saturated heterocycles. The number of sulfone groups is 1. The van der Waals surface area contributed by atoms with Crippen molar-refractivity contribution < 1.29 is 18.1 Å². The van der Waals surface area contributed by atoms with Crippen LogP contribution in [0.4, 0.5) is 11.4 Å². The van der Waals surface area contributed by atoms with Crippen LogP contribution in [0, 0.1) is 10.1 Å². The molecule has 0 atom stereocenters. The molecule has 8 nitrogen and oxygen atoms in total. The number of piperazine rings is 1. The van der Waals surface area contributed by atoms with Gasteiger partial charge in [0.15, 0.2) is 9.84 Å². The molecule has 142 valence electrons. The zero-order valence-corrected chi connectivity index (χ0v) is 15.6. The van der Waals surface area contributed by atoms with Crippen LogP contribution in [0.2, 0.25) is 0 Å². The molecule has 0 radical (unpaired) electrons. The lowest BCUT2D eigenvalue weighted by molar-refractivity contribution is -0.384. The summed E-state index contributed by atoms with van der Waals surface area (Å²) in [5.41, 5.74) is 0.892. The van der Waals surface area contributed by atoms with Gasteiger partial charge in [0.05, 0.1) is 9.82 Å².